The molecule has 1 atom stereocenters. The van der Waals surface area contributed by atoms with Gasteiger partial charge in [-0.2, -0.15) is 15.2 Å². The normalized spacial score (nSPS) is 16.6. The molecule has 4 heterocycles. The molecule has 0 unspecified atom stereocenters. The van der Waals surface area contributed by atoms with Crippen molar-refractivity contribution < 1.29 is 9.21 Å². The Balaban J connectivity index is 1.39. The van der Waals surface area contributed by atoms with Gasteiger partial charge in [0.15, 0.2) is 11.3 Å². The van der Waals surface area contributed by atoms with Gasteiger partial charge in [0, 0.05) is 26.3 Å². The van der Waals surface area contributed by atoms with Crippen LogP contribution in [0.1, 0.15) is 28.9 Å². The van der Waals surface area contributed by atoms with Gasteiger partial charge in [-0.3, -0.25) is 4.79 Å². The summed E-state index contributed by atoms with van der Waals surface area (Å²) in [6.07, 6.45) is 6.72. The fourth-order valence-electron chi connectivity index (χ4n) is 3.98. The van der Waals surface area contributed by atoms with E-state index in [0.717, 1.165) is 29.5 Å². The first-order chi connectivity index (χ1) is 15.1. The summed E-state index contributed by atoms with van der Waals surface area (Å²) in [5.74, 6) is -0.122. The standard InChI is InChI=1S/C22H23N7O2/c1-15-12-18(29-24-9-10-25-29)20(23-13-15)21(30)28-11-5-6-16(14-28)27(2)22-26-17-7-3-4-8-19(17)31-22/h3-4,7-10,12-13,16H,5-6,11,14H2,1-2H3/t16-/m1/s1. The van der Waals surface area contributed by atoms with Crippen molar-refractivity contribution >= 4 is 23.0 Å². The molecule has 31 heavy (non-hydrogen) atoms. The van der Waals surface area contributed by atoms with Crippen LogP contribution in [-0.4, -0.2) is 61.9 Å². The second-order valence-corrected chi connectivity index (χ2v) is 7.82. The number of fused-ring (bicyclic) bond motifs is 1. The van der Waals surface area contributed by atoms with Crippen molar-refractivity contribution in [2.24, 2.45) is 0 Å². The summed E-state index contributed by atoms with van der Waals surface area (Å²) in [7, 11) is 1.96. The first kappa shape index (κ1) is 19.2. The number of para-hydroxylation sites is 2. The zero-order valence-electron chi connectivity index (χ0n) is 17.5. The molecule has 0 radical (unpaired) electrons. The van der Waals surface area contributed by atoms with E-state index >= 15 is 0 Å². The van der Waals surface area contributed by atoms with Crippen molar-refractivity contribution in [3.63, 3.8) is 0 Å². The summed E-state index contributed by atoms with van der Waals surface area (Å²) in [5, 5.41) is 8.37. The smallest absolute Gasteiger partial charge is 0.298 e. The van der Waals surface area contributed by atoms with Gasteiger partial charge in [-0.1, -0.05) is 12.1 Å². The average Bonchev–Trinajstić information content (AvgIpc) is 3.48. The lowest BCUT2D eigenvalue weighted by Crippen LogP contribution is -2.49. The van der Waals surface area contributed by atoms with Gasteiger partial charge < -0.3 is 14.2 Å². The average molecular weight is 417 g/mol. The van der Waals surface area contributed by atoms with Crippen LogP contribution in [0, 0.1) is 6.92 Å². The summed E-state index contributed by atoms with van der Waals surface area (Å²) in [5.41, 5.74) is 3.47. The lowest BCUT2D eigenvalue weighted by atomic mass is 10.0. The number of carbonyl (C=O) groups is 1. The van der Waals surface area contributed by atoms with Crippen molar-refractivity contribution in [3.05, 3.63) is 60.2 Å². The third kappa shape index (κ3) is 3.63. The van der Waals surface area contributed by atoms with Gasteiger partial charge in [0.25, 0.3) is 11.9 Å². The van der Waals surface area contributed by atoms with E-state index in [0.29, 0.717) is 30.5 Å². The van der Waals surface area contributed by atoms with E-state index in [4.69, 9.17) is 4.42 Å². The van der Waals surface area contributed by atoms with Gasteiger partial charge in [-0.05, 0) is 43.5 Å². The third-order valence-corrected chi connectivity index (χ3v) is 5.66. The Morgan fingerprint density at radius 1 is 1.23 bits per heavy atom. The van der Waals surface area contributed by atoms with Gasteiger partial charge in [0.2, 0.25) is 0 Å². The number of aryl methyl sites for hydroxylation is 1. The number of likely N-dealkylation sites (N-methyl/N-ethyl adjacent to an activating group) is 1. The predicted molar refractivity (Wildman–Crippen MR) is 115 cm³/mol. The number of piperidine rings is 1. The third-order valence-electron chi connectivity index (χ3n) is 5.66. The molecule has 0 N–H and O–H groups in total. The lowest BCUT2D eigenvalue weighted by molar-refractivity contribution is 0.0699. The number of benzene rings is 1. The Bertz CT molecular complexity index is 1180. The van der Waals surface area contributed by atoms with Gasteiger partial charge in [0.1, 0.15) is 11.2 Å². The molecule has 1 fully saturated rings. The molecule has 1 aliphatic rings. The maximum absolute atomic E-state index is 13.4. The van der Waals surface area contributed by atoms with E-state index in [-0.39, 0.29) is 11.9 Å². The highest BCUT2D eigenvalue weighted by molar-refractivity contribution is 5.96. The topological polar surface area (TPSA) is 93.2 Å². The number of amides is 1. The minimum Gasteiger partial charge on any atom is -0.423 e. The molecule has 9 heteroatoms. The summed E-state index contributed by atoms with van der Waals surface area (Å²) < 4.78 is 5.92. The maximum Gasteiger partial charge on any atom is 0.298 e. The number of hydrogen-bond acceptors (Lipinski definition) is 7. The molecule has 5 rings (SSSR count). The molecule has 0 aliphatic carbocycles. The lowest BCUT2D eigenvalue weighted by Gasteiger charge is -2.37. The Morgan fingerprint density at radius 2 is 2.03 bits per heavy atom. The zero-order valence-corrected chi connectivity index (χ0v) is 17.5. The summed E-state index contributed by atoms with van der Waals surface area (Å²) in [6, 6.07) is 10.3. The van der Waals surface area contributed by atoms with E-state index in [9.17, 15) is 4.79 Å². The fourth-order valence-corrected chi connectivity index (χ4v) is 3.98. The second kappa shape index (κ2) is 7.82. The quantitative estimate of drug-likeness (QED) is 0.504. The number of anilines is 1. The molecular formula is C22H23N7O2. The van der Waals surface area contributed by atoms with Crippen molar-refractivity contribution in [1.29, 1.82) is 0 Å². The Labute approximate surface area is 179 Å². The van der Waals surface area contributed by atoms with Crippen LogP contribution in [0.15, 0.2) is 53.3 Å². The second-order valence-electron chi connectivity index (χ2n) is 7.82. The van der Waals surface area contributed by atoms with Crippen molar-refractivity contribution in [2.75, 3.05) is 25.0 Å². The molecular weight excluding hydrogens is 394 g/mol. The minimum atomic E-state index is -0.122. The van der Waals surface area contributed by atoms with Crippen molar-refractivity contribution in [2.45, 2.75) is 25.8 Å². The zero-order chi connectivity index (χ0) is 21.4. The minimum absolute atomic E-state index is 0.0995. The van der Waals surface area contributed by atoms with Gasteiger partial charge in [0.05, 0.1) is 18.4 Å². The van der Waals surface area contributed by atoms with Crippen LogP contribution in [0.4, 0.5) is 6.01 Å². The van der Waals surface area contributed by atoms with Crippen molar-refractivity contribution in [3.8, 4) is 5.69 Å². The highest BCUT2D eigenvalue weighted by atomic mass is 16.4. The highest BCUT2D eigenvalue weighted by Gasteiger charge is 2.31. The van der Waals surface area contributed by atoms with Crippen LogP contribution < -0.4 is 4.90 Å². The number of hydrogen-bond donors (Lipinski definition) is 0. The van der Waals surface area contributed by atoms with E-state index in [1.165, 1.54) is 4.80 Å². The number of rotatable bonds is 4. The number of likely N-dealkylation sites (tertiary alicyclic amines) is 1. The summed E-state index contributed by atoms with van der Waals surface area (Å²) in [6.45, 7) is 3.17. The molecule has 3 aromatic heterocycles. The van der Waals surface area contributed by atoms with Gasteiger partial charge >= 0.3 is 0 Å². The number of aromatic nitrogens is 5. The SMILES string of the molecule is Cc1cnc(C(=O)N2CCC[C@@H](N(C)c3nc4ccccc4o3)C2)c(-n2nccn2)c1. The summed E-state index contributed by atoms with van der Waals surface area (Å²) >= 11 is 0. The molecule has 1 aliphatic heterocycles. The number of nitrogens with zero attached hydrogens (tertiary/aromatic N) is 7. The molecule has 1 aromatic carbocycles. The molecule has 0 spiro atoms. The van der Waals surface area contributed by atoms with Crippen LogP contribution in [0.3, 0.4) is 0 Å². The fraction of sp³-hybridized carbons (Fsp3) is 0.318. The predicted octanol–water partition coefficient (Wildman–Crippen LogP) is 2.85. The number of pyridine rings is 1. The molecule has 158 valence electrons. The molecule has 0 bridgehead atoms. The van der Waals surface area contributed by atoms with E-state index < -0.39 is 0 Å². The largest absolute Gasteiger partial charge is 0.423 e. The van der Waals surface area contributed by atoms with Crippen LogP contribution in [0.5, 0.6) is 0 Å². The van der Waals surface area contributed by atoms with E-state index in [1.54, 1.807) is 18.6 Å². The van der Waals surface area contributed by atoms with Gasteiger partial charge in [-0.25, -0.2) is 4.98 Å². The van der Waals surface area contributed by atoms with Crippen LogP contribution >= 0.6 is 0 Å². The van der Waals surface area contributed by atoms with Crippen molar-refractivity contribution in [1.82, 2.24) is 29.9 Å². The maximum atomic E-state index is 13.4. The van der Waals surface area contributed by atoms with E-state index in [2.05, 4.69) is 20.2 Å². The van der Waals surface area contributed by atoms with E-state index in [1.807, 2.05) is 54.1 Å². The van der Waals surface area contributed by atoms with Crippen LogP contribution in [0.25, 0.3) is 16.8 Å². The first-order valence-electron chi connectivity index (χ1n) is 10.3. The van der Waals surface area contributed by atoms with Crippen LogP contribution in [-0.2, 0) is 0 Å². The Kier molecular flexibility index (Phi) is 4.85. The number of oxazole rings is 1. The molecule has 1 saturated heterocycles. The highest BCUT2D eigenvalue weighted by Crippen LogP contribution is 2.26. The molecule has 9 nitrogen and oxygen atoms in total. The van der Waals surface area contributed by atoms with Crippen LogP contribution in [0.2, 0.25) is 0 Å². The Hall–Kier alpha value is -3.75. The Morgan fingerprint density at radius 3 is 2.84 bits per heavy atom. The summed E-state index contributed by atoms with van der Waals surface area (Å²) in [4.78, 5) is 27.8. The molecule has 0 saturated carbocycles. The molecule has 4 aromatic rings. The molecule has 1 amide bonds. The monoisotopic (exact) mass is 417 g/mol. The first-order valence-corrected chi connectivity index (χ1v) is 10.3. The van der Waals surface area contributed by atoms with Gasteiger partial charge in [-0.15, -0.1) is 4.80 Å². The number of carbonyl (C=O) groups excluding carboxylic acids is 1.